The van der Waals surface area contributed by atoms with Crippen molar-refractivity contribution >= 4 is 38.8 Å². The maximum absolute atomic E-state index is 12.0. The minimum atomic E-state index is -3.49. The molecule has 0 unspecified atom stereocenters. The maximum Gasteiger partial charge on any atom is 0.179 e. The highest BCUT2D eigenvalue weighted by molar-refractivity contribution is 7.91. The Morgan fingerprint density at radius 1 is 1.28 bits per heavy atom. The summed E-state index contributed by atoms with van der Waals surface area (Å²) in [6.07, 6.45) is 1.00. The fourth-order valence-corrected chi connectivity index (χ4v) is 3.58. The van der Waals surface area contributed by atoms with Crippen LogP contribution in [0.15, 0.2) is 23.1 Å². The smallest absolute Gasteiger partial charge is 0.179 e. The van der Waals surface area contributed by atoms with Gasteiger partial charge in [-0.05, 0) is 24.6 Å². The van der Waals surface area contributed by atoms with E-state index in [1.54, 1.807) is 6.92 Å². The second-order valence-corrected chi connectivity index (χ2v) is 6.81. The van der Waals surface area contributed by atoms with Crippen LogP contribution in [-0.2, 0) is 14.6 Å². The summed E-state index contributed by atoms with van der Waals surface area (Å²) >= 11 is 11.6. The fourth-order valence-electron chi connectivity index (χ4n) is 1.46. The van der Waals surface area contributed by atoms with Crippen molar-refractivity contribution in [3.8, 4) is 0 Å². The molecule has 6 heteroatoms. The highest BCUT2D eigenvalue weighted by Gasteiger charge is 2.18. The number of carbonyl (C=O) groups is 1. The molecule has 0 aliphatic rings. The quantitative estimate of drug-likeness (QED) is 0.808. The molecule has 18 heavy (non-hydrogen) atoms. The Balaban J connectivity index is 2.80. The Kier molecular flexibility index (Phi) is 5.63. The number of hydrogen-bond donors (Lipinski definition) is 0. The lowest BCUT2D eigenvalue weighted by Gasteiger charge is -2.06. The summed E-state index contributed by atoms with van der Waals surface area (Å²) in [5.41, 5.74) is 0. The second-order valence-electron chi connectivity index (χ2n) is 3.89. The predicted molar refractivity (Wildman–Crippen MR) is 73.0 cm³/mol. The Morgan fingerprint density at radius 2 is 1.94 bits per heavy atom. The highest BCUT2D eigenvalue weighted by Crippen LogP contribution is 2.26. The third kappa shape index (κ3) is 4.26. The summed E-state index contributed by atoms with van der Waals surface area (Å²) in [5, 5.41) is 0.476. The van der Waals surface area contributed by atoms with Crippen LogP contribution in [0.3, 0.4) is 0 Å². The van der Waals surface area contributed by atoms with Crippen LogP contribution in [-0.4, -0.2) is 20.0 Å². The zero-order chi connectivity index (χ0) is 13.8. The van der Waals surface area contributed by atoms with E-state index in [1.807, 2.05) is 0 Å². The van der Waals surface area contributed by atoms with Crippen LogP contribution in [0.5, 0.6) is 0 Å². The van der Waals surface area contributed by atoms with Crippen molar-refractivity contribution in [1.29, 1.82) is 0 Å². The highest BCUT2D eigenvalue weighted by atomic mass is 35.5. The number of halogens is 2. The summed E-state index contributed by atoms with van der Waals surface area (Å²) in [6, 6.07) is 4.32. The summed E-state index contributed by atoms with van der Waals surface area (Å²) in [5.74, 6) is -0.0406. The Labute approximate surface area is 117 Å². The summed E-state index contributed by atoms with van der Waals surface area (Å²) < 4.78 is 24.0. The maximum atomic E-state index is 12.0. The molecule has 1 rings (SSSR count). The second kappa shape index (κ2) is 6.55. The van der Waals surface area contributed by atoms with E-state index in [4.69, 9.17) is 23.2 Å². The zero-order valence-electron chi connectivity index (χ0n) is 9.95. The van der Waals surface area contributed by atoms with E-state index in [0.29, 0.717) is 17.9 Å². The predicted octanol–water partition coefficient (Wildman–Crippen LogP) is 3.53. The number of Topliss-reactive ketones (excluding diaryl/α,β-unsaturated/α-hetero) is 1. The summed E-state index contributed by atoms with van der Waals surface area (Å²) in [4.78, 5) is 11.1. The van der Waals surface area contributed by atoms with Crippen LogP contribution in [0.25, 0.3) is 0 Å². The van der Waals surface area contributed by atoms with Crippen molar-refractivity contribution in [3.63, 3.8) is 0 Å². The molecule has 0 spiro atoms. The first-order valence-electron chi connectivity index (χ1n) is 5.56. The first-order valence-corrected chi connectivity index (χ1v) is 7.97. The molecule has 0 saturated heterocycles. The van der Waals surface area contributed by atoms with Gasteiger partial charge >= 0.3 is 0 Å². The van der Waals surface area contributed by atoms with E-state index in [-0.39, 0.29) is 27.9 Å². The van der Waals surface area contributed by atoms with Crippen LogP contribution in [0, 0.1) is 0 Å². The third-order valence-electron chi connectivity index (χ3n) is 2.49. The van der Waals surface area contributed by atoms with Gasteiger partial charge in [-0.15, -0.1) is 0 Å². The van der Waals surface area contributed by atoms with Crippen molar-refractivity contribution in [2.24, 2.45) is 0 Å². The molecule has 0 radical (unpaired) electrons. The normalized spacial score (nSPS) is 11.5. The molecule has 0 aromatic heterocycles. The molecular formula is C12H14Cl2O3S. The molecule has 0 saturated carbocycles. The van der Waals surface area contributed by atoms with Crippen molar-refractivity contribution in [2.45, 2.75) is 31.1 Å². The van der Waals surface area contributed by atoms with E-state index in [1.165, 1.54) is 18.2 Å². The van der Waals surface area contributed by atoms with Crippen molar-refractivity contribution in [2.75, 3.05) is 5.75 Å². The van der Waals surface area contributed by atoms with Gasteiger partial charge in [0.25, 0.3) is 0 Å². The minimum absolute atomic E-state index is 0.0283. The molecule has 0 atom stereocenters. The molecule has 0 aliphatic heterocycles. The lowest BCUT2D eigenvalue weighted by Crippen LogP contribution is -2.09. The largest absolute Gasteiger partial charge is 0.300 e. The molecular weight excluding hydrogens is 295 g/mol. The van der Waals surface area contributed by atoms with Gasteiger partial charge < -0.3 is 0 Å². The van der Waals surface area contributed by atoms with E-state index in [2.05, 4.69) is 0 Å². The van der Waals surface area contributed by atoms with Crippen molar-refractivity contribution in [1.82, 2.24) is 0 Å². The molecule has 0 amide bonds. The number of ketones is 1. The first-order chi connectivity index (χ1) is 8.36. The van der Waals surface area contributed by atoms with Crippen LogP contribution < -0.4 is 0 Å². The monoisotopic (exact) mass is 308 g/mol. The number of carbonyl (C=O) groups excluding carboxylic acids is 1. The van der Waals surface area contributed by atoms with E-state index in [9.17, 15) is 13.2 Å². The Morgan fingerprint density at radius 3 is 2.56 bits per heavy atom. The van der Waals surface area contributed by atoms with Gasteiger partial charge in [0.1, 0.15) is 5.78 Å². The summed E-state index contributed by atoms with van der Waals surface area (Å²) in [6.45, 7) is 1.75. The molecule has 1 aromatic rings. The molecule has 100 valence electrons. The van der Waals surface area contributed by atoms with E-state index >= 15 is 0 Å². The molecule has 1 aromatic carbocycles. The van der Waals surface area contributed by atoms with Crippen molar-refractivity contribution < 1.29 is 13.2 Å². The van der Waals surface area contributed by atoms with Gasteiger partial charge in [-0.3, -0.25) is 4.79 Å². The molecule has 0 aliphatic carbocycles. The standard InChI is InChI=1S/C12H14Cl2O3S/c1-2-10(15)4-3-7-18(16,17)12-8-9(13)5-6-11(12)14/h5-6,8H,2-4,7H2,1H3. The average Bonchev–Trinajstić information content (AvgIpc) is 2.31. The van der Waals surface area contributed by atoms with Crippen LogP contribution in [0.4, 0.5) is 0 Å². The Hall–Kier alpha value is -0.580. The van der Waals surface area contributed by atoms with Crippen LogP contribution in [0.2, 0.25) is 10.0 Å². The van der Waals surface area contributed by atoms with Crippen LogP contribution >= 0.6 is 23.2 Å². The van der Waals surface area contributed by atoms with Gasteiger partial charge in [0.05, 0.1) is 15.7 Å². The topological polar surface area (TPSA) is 51.2 Å². The average molecular weight is 309 g/mol. The van der Waals surface area contributed by atoms with Gasteiger partial charge in [-0.25, -0.2) is 8.42 Å². The van der Waals surface area contributed by atoms with Crippen molar-refractivity contribution in [3.05, 3.63) is 28.2 Å². The minimum Gasteiger partial charge on any atom is -0.300 e. The molecule has 0 N–H and O–H groups in total. The van der Waals surface area contributed by atoms with Gasteiger partial charge in [-0.2, -0.15) is 0 Å². The van der Waals surface area contributed by atoms with Crippen LogP contribution in [0.1, 0.15) is 26.2 Å². The zero-order valence-corrected chi connectivity index (χ0v) is 12.3. The Bertz CT molecular complexity index is 538. The molecule has 0 heterocycles. The van der Waals surface area contributed by atoms with Gasteiger partial charge in [0.15, 0.2) is 9.84 Å². The lowest BCUT2D eigenvalue weighted by molar-refractivity contribution is -0.118. The number of sulfone groups is 1. The summed E-state index contributed by atoms with van der Waals surface area (Å²) in [7, 11) is -3.49. The number of benzene rings is 1. The number of rotatable bonds is 6. The third-order valence-corrected chi connectivity index (χ3v) is 5.00. The SMILES string of the molecule is CCC(=O)CCCS(=O)(=O)c1cc(Cl)ccc1Cl. The number of hydrogen-bond acceptors (Lipinski definition) is 3. The molecule has 0 fully saturated rings. The van der Waals surface area contributed by atoms with Gasteiger partial charge in [0.2, 0.25) is 0 Å². The van der Waals surface area contributed by atoms with Gasteiger partial charge in [0, 0.05) is 17.9 Å². The first kappa shape index (κ1) is 15.5. The van der Waals surface area contributed by atoms with E-state index in [0.717, 1.165) is 0 Å². The molecule has 3 nitrogen and oxygen atoms in total. The molecule has 0 bridgehead atoms. The van der Waals surface area contributed by atoms with Gasteiger partial charge in [-0.1, -0.05) is 30.1 Å². The fraction of sp³-hybridized carbons (Fsp3) is 0.417. The lowest BCUT2D eigenvalue weighted by atomic mass is 10.2. The van der Waals surface area contributed by atoms with E-state index < -0.39 is 9.84 Å².